The first kappa shape index (κ1) is 18.6. The summed E-state index contributed by atoms with van der Waals surface area (Å²) in [6, 6.07) is 17.8. The second kappa shape index (κ2) is 8.47. The van der Waals surface area contributed by atoms with Gasteiger partial charge in [0.05, 0.1) is 11.4 Å². The molecule has 4 rings (SSSR count). The minimum Gasteiger partial charge on any atom is -0.400 e. The fourth-order valence-corrected chi connectivity index (χ4v) is 3.54. The number of pyridine rings is 1. The van der Waals surface area contributed by atoms with Crippen LogP contribution in [-0.4, -0.2) is 23.2 Å². The van der Waals surface area contributed by atoms with Gasteiger partial charge in [-0.1, -0.05) is 42.5 Å². The molecule has 3 aromatic rings. The van der Waals surface area contributed by atoms with E-state index in [-0.39, 0.29) is 0 Å². The highest BCUT2D eigenvalue weighted by molar-refractivity contribution is 5.95. The van der Waals surface area contributed by atoms with Crippen molar-refractivity contribution in [2.45, 2.75) is 19.3 Å². The second-order valence-corrected chi connectivity index (χ2v) is 6.26. The highest BCUT2D eigenvalue weighted by atomic mass is 16.2. The van der Waals surface area contributed by atoms with Crippen LogP contribution < -0.4 is 11.1 Å². The number of nitrogens with zero attached hydrogens (tertiary/aromatic N) is 1. The number of rotatable bonds is 3. The Kier molecular flexibility index (Phi) is 5.84. The van der Waals surface area contributed by atoms with Crippen LogP contribution >= 0.6 is 0 Å². The number of aryl methyl sites for hydroxylation is 1. The standard InChI is InChI=1S/C21H19N3O.CH4O/c22-21(25)24-20-17-8-4-7-14(17)9-10-18(20)16-11-12-23-19(13-16)15-5-2-1-3-6-15;1-2/h1-3,5-6,9-13H,4,7-8H2,(H3,22,24,25);2H,1H3. The van der Waals surface area contributed by atoms with Crippen LogP contribution in [-0.2, 0) is 12.8 Å². The van der Waals surface area contributed by atoms with Crippen molar-refractivity contribution in [2.75, 3.05) is 12.4 Å². The molecule has 0 saturated heterocycles. The first-order valence-corrected chi connectivity index (χ1v) is 8.90. The van der Waals surface area contributed by atoms with Crippen molar-refractivity contribution in [3.05, 3.63) is 71.9 Å². The number of amides is 2. The number of nitrogens with one attached hydrogen (secondary N) is 1. The van der Waals surface area contributed by atoms with E-state index in [1.165, 1.54) is 11.1 Å². The third-order valence-electron chi connectivity index (χ3n) is 4.67. The second-order valence-electron chi connectivity index (χ2n) is 6.26. The van der Waals surface area contributed by atoms with Crippen LogP contribution in [0.1, 0.15) is 17.5 Å². The predicted octanol–water partition coefficient (Wildman–Crippen LogP) is 4.00. The van der Waals surface area contributed by atoms with Crippen molar-refractivity contribution in [3.8, 4) is 22.4 Å². The number of hydrogen-bond acceptors (Lipinski definition) is 3. The van der Waals surface area contributed by atoms with Crippen molar-refractivity contribution >= 4 is 11.7 Å². The number of primary amides is 1. The molecule has 0 spiro atoms. The largest absolute Gasteiger partial charge is 0.400 e. The van der Waals surface area contributed by atoms with Crippen LogP contribution in [0.3, 0.4) is 0 Å². The Balaban J connectivity index is 0.00000102. The lowest BCUT2D eigenvalue weighted by Gasteiger charge is -2.15. The molecule has 2 amide bonds. The summed E-state index contributed by atoms with van der Waals surface area (Å²) in [4.78, 5) is 16.0. The molecule has 0 saturated carbocycles. The van der Waals surface area contributed by atoms with Gasteiger partial charge in [0.2, 0.25) is 0 Å². The molecule has 4 N–H and O–H groups in total. The number of urea groups is 1. The topological polar surface area (TPSA) is 88.2 Å². The van der Waals surface area contributed by atoms with Gasteiger partial charge in [-0.05, 0) is 48.1 Å². The summed E-state index contributed by atoms with van der Waals surface area (Å²) in [6.45, 7) is 0. The van der Waals surface area contributed by atoms with E-state index in [9.17, 15) is 4.79 Å². The summed E-state index contributed by atoms with van der Waals surface area (Å²) < 4.78 is 0. The van der Waals surface area contributed by atoms with E-state index in [2.05, 4.69) is 28.5 Å². The molecular formula is C22H23N3O2. The Hall–Kier alpha value is -3.18. The van der Waals surface area contributed by atoms with Crippen molar-refractivity contribution in [2.24, 2.45) is 5.73 Å². The first-order valence-electron chi connectivity index (χ1n) is 8.90. The van der Waals surface area contributed by atoms with E-state index < -0.39 is 6.03 Å². The van der Waals surface area contributed by atoms with Crippen LogP contribution in [0.2, 0.25) is 0 Å². The molecule has 0 radical (unpaired) electrons. The fraction of sp³-hybridized carbons (Fsp3) is 0.182. The number of carbonyl (C=O) groups excluding carboxylic acids is 1. The minimum atomic E-state index is -0.529. The fourth-order valence-electron chi connectivity index (χ4n) is 3.54. The number of hydrogen-bond donors (Lipinski definition) is 3. The lowest BCUT2D eigenvalue weighted by atomic mass is 9.96. The number of aromatic nitrogens is 1. The maximum Gasteiger partial charge on any atom is 0.316 e. The van der Waals surface area contributed by atoms with Gasteiger partial charge in [0.15, 0.2) is 0 Å². The molecule has 0 atom stereocenters. The van der Waals surface area contributed by atoms with Gasteiger partial charge in [0.25, 0.3) is 0 Å². The van der Waals surface area contributed by atoms with E-state index in [1.54, 1.807) is 6.20 Å². The summed E-state index contributed by atoms with van der Waals surface area (Å²) in [5.41, 5.74) is 12.7. The maximum absolute atomic E-state index is 11.5. The Morgan fingerprint density at radius 3 is 2.56 bits per heavy atom. The van der Waals surface area contributed by atoms with Gasteiger partial charge < -0.3 is 16.2 Å². The average molecular weight is 361 g/mol. The van der Waals surface area contributed by atoms with Gasteiger partial charge in [-0.25, -0.2) is 4.79 Å². The smallest absolute Gasteiger partial charge is 0.316 e. The normalized spacial score (nSPS) is 11.9. The van der Waals surface area contributed by atoms with Crippen LogP contribution in [0.15, 0.2) is 60.8 Å². The van der Waals surface area contributed by atoms with Crippen LogP contribution in [0, 0.1) is 0 Å². The molecular weight excluding hydrogens is 338 g/mol. The number of benzene rings is 2. The molecule has 5 heteroatoms. The van der Waals surface area contributed by atoms with Crippen molar-refractivity contribution < 1.29 is 9.90 Å². The Morgan fingerprint density at radius 1 is 1.04 bits per heavy atom. The summed E-state index contributed by atoms with van der Waals surface area (Å²) in [6.07, 6.45) is 4.93. The van der Waals surface area contributed by atoms with Crippen molar-refractivity contribution in [1.29, 1.82) is 0 Å². The highest BCUT2D eigenvalue weighted by Gasteiger charge is 2.20. The number of nitrogens with two attached hydrogens (primary N) is 1. The monoisotopic (exact) mass is 361 g/mol. The van der Waals surface area contributed by atoms with Crippen LogP contribution in [0.4, 0.5) is 10.5 Å². The SMILES string of the molecule is CO.NC(=O)Nc1c(-c2ccnc(-c3ccccc3)c2)ccc2c1CCC2. The summed E-state index contributed by atoms with van der Waals surface area (Å²) in [7, 11) is 1.00. The zero-order valence-electron chi connectivity index (χ0n) is 15.3. The van der Waals surface area contributed by atoms with E-state index in [4.69, 9.17) is 10.8 Å². The number of carbonyl (C=O) groups is 1. The molecule has 1 aliphatic rings. The van der Waals surface area contributed by atoms with E-state index in [0.717, 1.165) is 54.4 Å². The molecule has 1 aromatic heterocycles. The number of aliphatic hydroxyl groups excluding tert-OH is 1. The van der Waals surface area contributed by atoms with Gasteiger partial charge >= 0.3 is 6.03 Å². The molecule has 138 valence electrons. The number of fused-ring (bicyclic) bond motifs is 1. The molecule has 1 heterocycles. The quantitative estimate of drug-likeness (QED) is 0.659. The molecule has 5 nitrogen and oxygen atoms in total. The Bertz CT molecular complexity index is 940. The molecule has 0 unspecified atom stereocenters. The maximum atomic E-state index is 11.5. The molecule has 0 fully saturated rings. The van der Waals surface area contributed by atoms with E-state index in [1.807, 2.05) is 36.4 Å². The lowest BCUT2D eigenvalue weighted by Crippen LogP contribution is -2.20. The van der Waals surface area contributed by atoms with Gasteiger partial charge in [-0.3, -0.25) is 4.98 Å². The average Bonchev–Trinajstić information content (AvgIpc) is 3.20. The summed E-state index contributed by atoms with van der Waals surface area (Å²) in [5, 5.41) is 9.85. The minimum absolute atomic E-state index is 0.529. The van der Waals surface area contributed by atoms with Gasteiger partial charge in [-0.15, -0.1) is 0 Å². The Morgan fingerprint density at radius 2 is 1.81 bits per heavy atom. The van der Waals surface area contributed by atoms with Gasteiger partial charge in [-0.2, -0.15) is 0 Å². The molecule has 2 aromatic carbocycles. The molecule has 1 aliphatic carbocycles. The van der Waals surface area contributed by atoms with Crippen LogP contribution in [0.25, 0.3) is 22.4 Å². The summed E-state index contributed by atoms with van der Waals surface area (Å²) >= 11 is 0. The zero-order chi connectivity index (χ0) is 19.2. The number of anilines is 1. The molecule has 0 bridgehead atoms. The first-order chi connectivity index (χ1) is 13.2. The Labute approximate surface area is 158 Å². The van der Waals surface area contributed by atoms with Crippen molar-refractivity contribution in [3.63, 3.8) is 0 Å². The lowest BCUT2D eigenvalue weighted by molar-refractivity contribution is 0.259. The zero-order valence-corrected chi connectivity index (χ0v) is 15.3. The summed E-state index contributed by atoms with van der Waals surface area (Å²) in [5.74, 6) is 0. The van der Waals surface area contributed by atoms with E-state index >= 15 is 0 Å². The third-order valence-corrected chi connectivity index (χ3v) is 4.67. The van der Waals surface area contributed by atoms with Crippen LogP contribution in [0.5, 0.6) is 0 Å². The highest BCUT2D eigenvalue weighted by Crippen LogP contribution is 2.38. The molecule has 0 aliphatic heterocycles. The predicted molar refractivity (Wildman–Crippen MR) is 108 cm³/mol. The third kappa shape index (κ3) is 3.99. The van der Waals surface area contributed by atoms with Crippen molar-refractivity contribution in [1.82, 2.24) is 4.98 Å². The van der Waals surface area contributed by atoms with E-state index in [0.29, 0.717) is 0 Å². The number of aliphatic hydroxyl groups is 1. The van der Waals surface area contributed by atoms with Gasteiger partial charge in [0.1, 0.15) is 0 Å². The van der Waals surface area contributed by atoms with Gasteiger partial charge in [0, 0.05) is 24.4 Å². The molecule has 27 heavy (non-hydrogen) atoms.